The highest BCUT2D eigenvalue weighted by atomic mass is 16.4. The highest BCUT2D eigenvalue weighted by Gasteiger charge is 2.16. The minimum absolute atomic E-state index is 0.116. The molecule has 1 N–H and O–H groups in total. The first-order valence-electron chi connectivity index (χ1n) is 11.3. The molecule has 6 rings (SSSR count). The van der Waals surface area contributed by atoms with Gasteiger partial charge in [0.1, 0.15) is 0 Å². The summed E-state index contributed by atoms with van der Waals surface area (Å²) >= 11 is 0. The summed E-state index contributed by atoms with van der Waals surface area (Å²) in [5.41, 5.74) is 7.38. The first-order valence-corrected chi connectivity index (χ1v) is 11.3. The van der Waals surface area contributed by atoms with Gasteiger partial charge in [0.05, 0.1) is 28.0 Å². The number of hydrogen-bond donors (Lipinski definition) is 1. The molecular weight excluding hydrogens is 450 g/mol. The van der Waals surface area contributed by atoms with Gasteiger partial charge in [-0.2, -0.15) is 5.10 Å². The molecule has 3 aromatic heterocycles. The Hall–Kier alpha value is -5.17. The summed E-state index contributed by atoms with van der Waals surface area (Å²) in [4.78, 5) is 24.5. The monoisotopic (exact) mass is 469 g/mol. The number of aromatic carboxylic acids is 1. The van der Waals surface area contributed by atoms with Crippen molar-refractivity contribution in [2.75, 3.05) is 0 Å². The van der Waals surface area contributed by atoms with Gasteiger partial charge in [0, 0.05) is 29.7 Å². The van der Waals surface area contributed by atoms with Crippen LogP contribution < -0.4 is 0 Å². The van der Waals surface area contributed by atoms with Crippen molar-refractivity contribution in [2.24, 2.45) is 0 Å². The third kappa shape index (κ3) is 3.99. The van der Waals surface area contributed by atoms with Crippen molar-refractivity contribution in [3.05, 3.63) is 115 Å². The van der Waals surface area contributed by atoms with E-state index in [1.807, 2.05) is 54.6 Å². The SMILES string of the molecule is O=C(O)c1ccc(-n2nc(-c3ccc(-c4ccccc4)cc3)cc2-c2ccc3nccnc3c2)nc1. The summed E-state index contributed by atoms with van der Waals surface area (Å²) in [5.74, 6) is -0.511. The smallest absolute Gasteiger partial charge is 0.337 e. The van der Waals surface area contributed by atoms with Gasteiger partial charge in [-0.25, -0.2) is 14.5 Å². The maximum atomic E-state index is 11.3. The van der Waals surface area contributed by atoms with Gasteiger partial charge in [-0.1, -0.05) is 60.7 Å². The van der Waals surface area contributed by atoms with Gasteiger partial charge in [0.2, 0.25) is 0 Å². The quantitative estimate of drug-likeness (QED) is 0.337. The van der Waals surface area contributed by atoms with Gasteiger partial charge >= 0.3 is 5.97 Å². The lowest BCUT2D eigenvalue weighted by Gasteiger charge is -2.08. The summed E-state index contributed by atoms with van der Waals surface area (Å²) in [6.45, 7) is 0. The van der Waals surface area contributed by atoms with Crippen LogP contribution >= 0.6 is 0 Å². The van der Waals surface area contributed by atoms with E-state index in [4.69, 9.17) is 5.10 Å². The molecule has 172 valence electrons. The van der Waals surface area contributed by atoms with Crippen molar-refractivity contribution in [1.82, 2.24) is 24.7 Å². The van der Waals surface area contributed by atoms with Crippen molar-refractivity contribution < 1.29 is 9.90 Å². The van der Waals surface area contributed by atoms with Gasteiger partial charge in [0.25, 0.3) is 0 Å². The Labute approximate surface area is 206 Å². The van der Waals surface area contributed by atoms with E-state index in [9.17, 15) is 9.90 Å². The first-order chi connectivity index (χ1) is 17.7. The van der Waals surface area contributed by atoms with E-state index in [0.29, 0.717) is 5.82 Å². The molecule has 3 heterocycles. The fourth-order valence-electron chi connectivity index (χ4n) is 4.13. The number of nitrogens with zero attached hydrogens (tertiary/aromatic N) is 5. The molecule has 0 aliphatic rings. The van der Waals surface area contributed by atoms with Crippen molar-refractivity contribution in [3.63, 3.8) is 0 Å². The average Bonchev–Trinajstić information content (AvgIpc) is 3.39. The van der Waals surface area contributed by atoms with E-state index >= 15 is 0 Å². The highest BCUT2D eigenvalue weighted by molar-refractivity contribution is 5.87. The zero-order chi connectivity index (χ0) is 24.5. The minimum atomic E-state index is -1.03. The molecule has 0 atom stereocenters. The Kier molecular flexibility index (Phi) is 5.27. The molecule has 0 aliphatic heterocycles. The molecule has 0 radical (unpaired) electrons. The molecule has 0 unspecified atom stereocenters. The number of hydrogen-bond acceptors (Lipinski definition) is 5. The second-order valence-corrected chi connectivity index (χ2v) is 8.24. The fourth-order valence-corrected chi connectivity index (χ4v) is 4.13. The van der Waals surface area contributed by atoms with E-state index in [0.717, 1.165) is 44.7 Å². The van der Waals surface area contributed by atoms with Gasteiger partial charge in [-0.15, -0.1) is 0 Å². The number of carboxylic acids is 1. The van der Waals surface area contributed by atoms with Crippen LogP contribution in [0.4, 0.5) is 0 Å². The van der Waals surface area contributed by atoms with Crippen LogP contribution in [0.1, 0.15) is 10.4 Å². The van der Waals surface area contributed by atoms with Crippen LogP contribution in [0.2, 0.25) is 0 Å². The molecule has 36 heavy (non-hydrogen) atoms. The maximum Gasteiger partial charge on any atom is 0.337 e. The number of carbonyl (C=O) groups is 1. The summed E-state index contributed by atoms with van der Waals surface area (Å²) in [6.07, 6.45) is 4.66. The summed E-state index contributed by atoms with van der Waals surface area (Å²) in [7, 11) is 0. The van der Waals surface area contributed by atoms with Crippen LogP contribution in [0.15, 0.2) is 110 Å². The van der Waals surface area contributed by atoms with Crippen molar-refractivity contribution in [3.8, 4) is 39.5 Å². The molecule has 0 saturated heterocycles. The second-order valence-electron chi connectivity index (χ2n) is 8.24. The lowest BCUT2D eigenvalue weighted by molar-refractivity contribution is 0.0696. The largest absolute Gasteiger partial charge is 0.478 e. The van der Waals surface area contributed by atoms with Gasteiger partial charge in [0.15, 0.2) is 5.82 Å². The standard InChI is InChI=1S/C29H19N5O2/c35-29(36)23-11-13-28(32-18-23)34-27(22-10-12-24-26(16-22)31-15-14-30-24)17-25(33-34)21-8-6-20(7-9-21)19-4-2-1-3-5-19/h1-18H,(H,35,36). The number of benzene rings is 3. The molecule has 0 amide bonds. The number of rotatable bonds is 5. The van der Waals surface area contributed by atoms with E-state index in [1.54, 1.807) is 23.1 Å². The van der Waals surface area contributed by atoms with Gasteiger partial charge < -0.3 is 5.11 Å². The predicted molar refractivity (Wildman–Crippen MR) is 138 cm³/mol. The van der Waals surface area contributed by atoms with Crippen LogP contribution in [0.25, 0.3) is 50.5 Å². The molecule has 7 nitrogen and oxygen atoms in total. The van der Waals surface area contributed by atoms with E-state index < -0.39 is 5.97 Å². The molecule has 7 heteroatoms. The molecule has 0 saturated carbocycles. The zero-order valence-corrected chi connectivity index (χ0v) is 19.0. The van der Waals surface area contributed by atoms with Crippen LogP contribution in [-0.4, -0.2) is 35.8 Å². The van der Waals surface area contributed by atoms with E-state index in [-0.39, 0.29) is 5.56 Å². The molecule has 3 aromatic carbocycles. The predicted octanol–water partition coefficient (Wildman–Crippen LogP) is 5.91. The van der Waals surface area contributed by atoms with E-state index in [2.05, 4.69) is 39.2 Å². The third-order valence-corrected chi connectivity index (χ3v) is 5.97. The molecule has 0 aliphatic carbocycles. The lowest BCUT2D eigenvalue weighted by Crippen LogP contribution is -2.04. The number of fused-ring (bicyclic) bond motifs is 1. The molecule has 6 aromatic rings. The van der Waals surface area contributed by atoms with Crippen molar-refractivity contribution in [2.45, 2.75) is 0 Å². The van der Waals surface area contributed by atoms with Crippen LogP contribution in [-0.2, 0) is 0 Å². The number of aromatic nitrogens is 5. The lowest BCUT2D eigenvalue weighted by atomic mass is 10.0. The minimum Gasteiger partial charge on any atom is -0.478 e. The normalized spacial score (nSPS) is 11.0. The maximum absolute atomic E-state index is 11.3. The Bertz CT molecular complexity index is 1690. The van der Waals surface area contributed by atoms with Crippen molar-refractivity contribution >= 4 is 17.0 Å². The Balaban J connectivity index is 1.46. The fraction of sp³-hybridized carbons (Fsp3) is 0. The summed E-state index contributed by atoms with van der Waals surface area (Å²) < 4.78 is 1.73. The Morgan fingerprint density at radius 1 is 0.667 bits per heavy atom. The number of carboxylic acid groups (broad SMARTS) is 1. The van der Waals surface area contributed by atoms with E-state index in [1.165, 1.54) is 12.3 Å². The third-order valence-electron chi connectivity index (χ3n) is 5.97. The molecule has 0 bridgehead atoms. The second kappa shape index (κ2) is 8.88. The Morgan fingerprint density at radius 2 is 1.36 bits per heavy atom. The number of pyridine rings is 1. The van der Waals surface area contributed by atoms with Crippen LogP contribution in [0, 0.1) is 0 Å². The first kappa shape index (κ1) is 21.4. The summed E-state index contributed by atoms with van der Waals surface area (Å²) in [5, 5.41) is 14.1. The zero-order valence-electron chi connectivity index (χ0n) is 19.0. The topological polar surface area (TPSA) is 93.8 Å². The molecule has 0 fully saturated rings. The Morgan fingerprint density at radius 3 is 2.08 bits per heavy atom. The average molecular weight is 470 g/mol. The van der Waals surface area contributed by atoms with Gasteiger partial charge in [-0.3, -0.25) is 9.97 Å². The van der Waals surface area contributed by atoms with Crippen LogP contribution in [0.3, 0.4) is 0 Å². The van der Waals surface area contributed by atoms with Gasteiger partial charge in [-0.05, 0) is 41.5 Å². The molecule has 0 spiro atoms. The highest BCUT2D eigenvalue weighted by Crippen LogP contribution is 2.31. The molecular formula is C29H19N5O2. The van der Waals surface area contributed by atoms with Crippen molar-refractivity contribution in [1.29, 1.82) is 0 Å². The summed E-state index contributed by atoms with van der Waals surface area (Å²) in [6, 6.07) is 29.5. The van der Waals surface area contributed by atoms with Crippen LogP contribution in [0.5, 0.6) is 0 Å².